The lowest BCUT2D eigenvalue weighted by molar-refractivity contribution is 0.773. The third-order valence-corrected chi connectivity index (χ3v) is 3.04. The fraction of sp³-hybridized carbons (Fsp3) is 0.167. The zero-order chi connectivity index (χ0) is 14.0. The van der Waals surface area contributed by atoms with E-state index in [1.165, 1.54) is 5.56 Å². The van der Waals surface area contributed by atoms with Crippen LogP contribution < -0.4 is 5.32 Å². The van der Waals surface area contributed by atoms with Crippen LogP contribution in [0.4, 0.5) is 0 Å². The normalized spacial score (nSPS) is 10.6. The molecule has 0 atom stereocenters. The first-order valence-electron chi connectivity index (χ1n) is 6.94. The second-order valence-electron chi connectivity index (χ2n) is 4.67. The number of hydrogen-bond donors (Lipinski definition) is 2. The van der Waals surface area contributed by atoms with Crippen molar-refractivity contribution in [2.45, 2.75) is 12.8 Å². The SMILES string of the molecule is N=C(/C=C/c1ccccc1)NCCCc1ccccc1. The molecule has 0 heterocycles. The first-order valence-corrected chi connectivity index (χ1v) is 6.94. The van der Waals surface area contributed by atoms with Gasteiger partial charge in [-0.15, -0.1) is 0 Å². The summed E-state index contributed by atoms with van der Waals surface area (Å²) in [5, 5.41) is 10.9. The molecule has 102 valence electrons. The van der Waals surface area contributed by atoms with Gasteiger partial charge in [0.15, 0.2) is 0 Å². The summed E-state index contributed by atoms with van der Waals surface area (Å²) in [6.45, 7) is 0.826. The van der Waals surface area contributed by atoms with Gasteiger partial charge in [0.05, 0.1) is 0 Å². The lowest BCUT2D eigenvalue weighted by atomic mass is 10.1. The number of rotatable bonds is 6. The smallest absolute Gasteiger partial charge is 0.117 e. The molecule has 2 N–H and O–H groups in total. The van der Waals surface area contributed by atoms with Gasteiger partial charge in [0.2, 0.25) is 0 Å². The van der Waals surface area contributed by atoms with Gasteiger partial charge in [0.25, 0.3) is 0 Å². The predicted molar refractivity (Wildman–Crippen MR) is 86.0 cm³/mol. The minimum atomic E-state index is 0.460. The summed E-state index contributed by atoms with van der Waals surface area (Å²) in [6, 6.07) is 20.5. The Labute approximate surface area is 120 Å². The maximum absolute atomic E-state index is 7.82. The summed E-state index contributed by atoms with van der Waals surface area (Å²) >= 11 is 0. The molecule has 2 nitrogen and oxygen atoms in total. The molecule has 0 fully saturated rings. The highest BCUT2D eigenvalue weighted by Crippen LogP contribution is 2.02. The van der Waals surface area contributed by atoms with E-state index in [-0.39, 0.29) is 0 Å². The Morgan fingerprint density at radius 1 is 0.950 bits per heavy atom. The van der Waals surface area contributed by atoms with Crippen molar-refractivity contribution in [3.8, 4) is 0 Å². The molecule has 2 aromatic rings. The average molecular weight is 264 g/mol. The first-order chi connectivity index (χ1) is 9.84. The zero-order valence-corrected chi connectivity index (χ0v) is 11.5. The summed E-state index contributed by atoms with van der Waals surface area (Å²) < 4.78 is 0. The van der Waals surface area contributed by atoms with Gasteiger partial charge < -0.3 is 5.32 Å². The fourth-order valence-corrected chi connectivity index (χ4v) is 1.96. The molecule has 0 bridgehead atoms. The van der Waals surface area contributed by atoms with Crippen LogP contribution in [0.25, 0.3) is 6.08 Å². The zero-order valence-electron chi connectivity index (χ0n) is 11.5. The van der Waals surface area contributed by atoms with Crippen molar-refractivity contribution < 1.29 is 0 Å². The number of amidine groups is 1. The Kier molecular flexibility index (Phi) is 5.59. The molecule has 0 radical (unpaired) electrons. The molecule has 0 aliphatic rings. The molecule has 0 spiro atoms. The molecule has 0 saturated heterocycles. The Hall–Kier alpha value is -2.35. The lowest BCUT2D eigenvalue weighted by Crippen LogP contribution is -2.21. The van der Waals surface area contributed by atoms with E-state index < -0.39 is 0 Å². The summed E-state index contributed by atoms with van der Waals surface area (Å²) in [6.07, 6.45) is 5.83. The van der Waals surface area contributed by atoms with Crippen LogP contribution in [-0.4, -0.2) is 12.4 Å². The number of benzene rings is 2. The monoisotopic (exact) mass is 264 g/mol. The predicted octanol–water partition coefficient (Wildman–Crippen LogP) is 3.90. The van der Waals surface area contributed by atoms with Crippen LogP contribution in [0, 0.1) is 5.41 Å². The van der Waals surface area contributed by atoms with E-state index in [0.717, 1.165) is 24.9 Å². The van der Waals surface area contributed by atoms with Gasteiger partial charge in [0.1, 0.15) is 5.84 Å². The van der Waals surface area contributed by atoms with E-state index in [1.54, 1.807) is 6.08 Å². The standard InChI is InChI=1S/C18H20N2/c19-18(14-13-17-10-5-2-6-11-17)20-15-7-12-16-8-3-1-4-9-16/h1-6,8-11,13-14H,7,12,15H2,(H2,19,20)/b14-13+. The minimum absolute atomic E-state index is 0.460. The molecule has 0 aliphatic carbocycles. The molecular formula is C18H20N2. The highest BCUT2D eigenvalue weighted by Gasteiger charge is 1.93. The first kappa shape index (κ1) is 14.1. The highest BCUT2D eigenvalue weighted by atomic mass is 14.9. The Morgan fingerprint density at radius 3 is 2.30 bits per heavy atom. The third-order valence-electron chi connectivity index (χ3n) is 3.04. The molecule has 2 aromatic carbocycles. The highest BCUT2D eigenvalue weighted by molar-refractivity contribution is 5.93. The van der Waals surface area contributed by atoms with Gasteiger partial charge >= 0.3 is 0 Å². The van der Waals surface area contributed by atoms with Crippen LogP contribution >= 0.6 is 0 Å². The number of aryl methyl sites for hydroxylation is 1. The van der Waals surface area contributed by atoms with Crippen LogP contribution in [0.5, 0.6) is 0 Å². The van der Waals surface area contributed by atoms with Crippen LogP contribution in [-0.2, 0) is 6.42 Å². The minimum Gasteiger partial charge on any atom is -0.371 e. The maximum Gasteiger partial charge on any atom is 0.117 e. The van der Waals surface area contributed by atoms with Crippen molar-refractivity contribution in [1.82, 2.24) is 5.32 Å². The summed E-state index contributed by atoms with van der Waals surface area (Å²) in [7, 11) is 0. The molecule has 0 aliphatic heterocycles. The van der Waals surface area contributed by atoms with Crippen LogP contribution in [0.15, 0.2) is 66.7 Å². The van der Waals surface area contributed by atoms with Crippen molar-refractivity contribution in [2.75, 3.05) is 6.54 Å². The average Bonchev–Trinajstić information content (AvgIpc) is 2.52. The van der Waals surface area contributed by atoms with E-state index in [2.05, 4.69) is 29.6 Å². The van der Waals surface area contributed by atoms with Gasteiger partial charge in [-0.3, -0.25) is 5.41 Å². The summed E-state index contributed by atoms with van der Waals surface area (Å²) in [4.78, 5) is 0. The molecule has 20 heavy (non-hydrogen) atoms. The van der Waals surface area contributed by atoms with Gasteiger partial charge in [-0.1, -0.05) is 66.7 Å². The van der Waals surface area contributed by atoms with Crippen molar-refractivity contribution in [3.63, 3.8) is 0 Å². The van der Waals surface area contributed by atoms with E-state index >= 15 is 0 Å². The van der Waals surface area contributed by atoms with Crippen LogP contribution in [0.1, 0.15) is 17.5 Å². The van der Waals surface area contributed by atoms with Crippen molar-refractivity contribution in [1.29, 1.82) is 5.41 Å². The van der Waals surface area contributed by atoms with Gasteiger partial charge in [-0.05, 0) is 30.0 Å². The summed E-state index contributed by atoms with van der Waals surface area (Å²) in [5.41, 5.74) is 2.46. The van der Waals surface area contributed by atoms with Crippen molar-refractivity contribution in [3.05, 3.63) is 77.9 Å². The second kappa shape index (κ2) is 7.95. The fourth-order valence-electron chi connectivity index (χ4n) is 1.96. The number of nitrogens with one attached hydrogen (secondary N) is 2. The molecule has 0 saturated carbocycles. The quantitative estimate of drug-likeness (QED) is 0.463. The van der Waals surface area contributed by atoms with Crippen molar-refractivity contribution in [2.24, 2.45) is 0 Å². The second-order valence-corrected chi connectivity index (χ2v) is 4.67. The van der Waals surface area contributed by atoms with E-state index in [1.807, 2.05) is 42.5 Å². The Bertz CT molecular complexity index is 544. The summed E-state index contributed by atoms with van der Waals surface area (Å²) in [5.74, 6) is 0.460. The molecule has 0 unspecified atom stereocenters. The molecule has 0 amide bonds. The topological polar surface area (TPSA) is 35.9 Å². The third kappa shape index (κ3) is 5.11. The Balaban J connectivity index is 1.67. The van der Waals surface area contributed by atoms with Gasteiger partial charge in [0, 0.05) is 6.54 Å². The van der Waals surface area contributed by atoms with E-state index in [0.29, 0.717) is 5.84 Å². The van der Waals surface area contributed by atoms with Crippen LogP contribution in [0.3, 0.4) is 0 Å². The molecule has 2 heteroatoms. The van der Waals surface area contributed by atoms with Gasteiger partial charge in [-0.25, -0.2) is 0 Å². The van der Waals surface area contributed by atoms with E-state index in [9.17, 15) is 0 Å². The molecule has 0 aromatic heterocycles. The van der Waals surface area contributed by atoms with Gasteiger partial charge in [-0.2, -0.15) is 0 Å². The van der Waals surface area contributed by atoms with Crippen LogP contribution in [0.2, 0.25) is 0 Å². The lowest BCUT2D eigenvalue weighted by Gasteiger charge is -2.04. The largest absolute Gasteiger partial charge is 0.371 e. The maximum atomic E-state index is 7.82. The number of hydrogen-bond acceptors (Lipinski definition) is 1. The van der Waals surface area contributed by atoms with E-state index in [4.69, 9.17) is 5.41 Å². The van der Waals surface area contributed by atoms with Crippen molar-refractivity contribution >= 4 is 11.9 Å². The molecular weight excluding hydrogens is 244 g/mol. The molecule has 2 rings (SSSR count). The Morgan fingerprint density at radius 2 is 1.60 bits per heavy atom.